The first kappa shape index (κ1) is 11.6. The van der Waals surface area contributed by atoms with E-state index in [-0.39, 0.29) is 11.4 Å². The van der Waals surface area contributed by atoms with Gasteiger partial charge in [0.25, 0.3) is 0 Å². The molecule has 17 heavy (non-hydrogen) atoms. The monoisotopic (exact) mass is 252 g/mol. The molecule has 2 aromatic heterocycles. The molecule has 0 radical (unpaired) electrons. The molecule has 2 rings (SSSR count). The second-order valence-corrected chi connectivity index (χ2v) is 3.82. The van der Waals surface area contributed by atoms with Crippen LogP contribution in [0.2, 0.25) is 5.02 Å². The van der Waals surface area contributed by atoms with Crippen molar-refractivity contribution >= 4 is 29.5 Å². The summed E-state index contributed by atoms with van der Waals surface area (Å²) in [5.41, 5.74) is 1.27. The van der Waals surface area contributed by atoms with Gasteiger partial charge in [-0.2, -0.15) is 0 Å². The normalized spacial score (nSPS) is 10.5. The third-order valence-corrected chi connectivity index (χ3v) is 2.89. The van der Waals surface area contributed by atoms with Crippen LogP contribution < -0.4 is 0 Å². The van der Waals surface area contributed by atoms with Gasteiger partial charge in [0.1, 0.15) is 11.3 Å². The van der Waals surface area contributed by atoms with E-state index in [9.17, 15) is 9.59 Å². The molecule has 0 unspecified atom stereocenters. The van der Waals surface area contributed by atoms with Crippen LogP contribution in [0.1, 0.15) is 26.7 Å². The number of aryl methyl sites for hydroxylation is 1. The van der Waals surface area contributed by atoms with E-state index >= 15 is 0 Å². The van der Waals surface area contributed by atoms with Crippen LogP contribution in [0.5, 0.6) is 0 Å². The van der Waals surface area contributed by atoms with Crippen molar-refractivity contribution < 1.29 is 14.3 Å². The van der Waals surface area contributed by atoms with Crippen molar-refractivity contribution in [2.24, 2.45) is 0 Å². The van der Waals surface area contributed by atoms with E-state index in [2.05, 4.69) is 9.72 Å². The molecule has 0 atom stereocenters. The number of fused-ring (bicyclic) bond motifs is 1. The minimum absolute atomic E-state index is 0.00660. The number of carbonyl (C=O) groups is 2. The number of aldehydes is 1. The van der Waals surface area contributed by atoms with Gasteiger partial charge in [-0.25, -0.2) is 9.78 Å². The number of hydrogen-bond donors (Lipinski definition) is 0. The molecular weight excluding hydrogens is 244 g/mol. The van der Waals surface area contributed by atoms with Crippen LogP contribution in [-0.2, 0) is 4.74 Å². The van der Waals surface area contributed by atoms with E-state index in [1.165, 1.54) is 11.5 Å². The SMILES string of the molecule is COC(=O)c1nc2ccc(Cl)c(C)n2c1C=O. The number of carbonyl (C=O) groups excluding carboxylic acids is 2. The Labute approximate surface area is 102 Å². The van der Waals surface area contributed by atoms with Crippen molar-refractivity contribution in [1.29, 1.82) is 0 Å². The quantitative estimate of drug-likeness (QED) is 0.605. The van der Waals surface area contributed by atoms with Gasteiger partial charge >= 0.3 is 5.97 Å². The molecule has 88 valence electrons. The van der Waals surface area contributed by atoms with Crippen molar-refractivity contribution in [2.75, 3.05) is 7.11 Å². The Morgan fingerprint density at radius 2 is 2.24 bits per heavy atom. The van der Waals surface area contributed by atoms with Crippen molar-refractivity contribution in [2.45, 2.75) is 6.92 Å². The summed E-state index contributed by atoms with van der Waals surface area (Å²) in [4.78, 5) is 26.6. The highest BCUT2D eigenvalue weighted by molar-refractivity contribution is 6.31. The lowest BCUT2D eigenvalue weighted by Crippen LogP contribution is -2.06. The lowest BCUT2D eigenvalue weighted by molar-refractivity contribution is 0.0592. The smallest absolute Gasteiger partial charge is 0.359 e. The number of halogens is 1. The molecule has 0 aromatic carbocycles. The Balaban J connectivity index is 2.86. The fourth-order valence-corrected chi connectivity index (χ4v) is 1.79. The van der Waals surface area contributed by atoms with Crippen LogP contribution in [0.3, 0.4) is 0 Å². The van der Waals surface area contributed by atoms with Crippen LogP contribution in [0.4, 0.5) is 0 Å². The molecule has 0 aliphatic carbocycles. The second-order valence-electron chi connectivity index (χ2n) is 3.42. The maximum absolute atomic E-state index is 11.5. The highest BCUT2D eigenvalue weighted by atomic mass is 35.5. The first-order valence-corrected chi connectivity index (χ1v) is 5.19. The predicted octanol–water partition coefficient (Wildman–Crippen LogP) is 1.90. The predicted molar refractivity (Wildman–Crippen MR) is 61.7 cm³/mol. The first-order valence-electron chi connectivity index (χ1n) is 4.81. The first-order chi connectivity index (χ1) is 8.10. The van der Waals surface area contributed by atoms with Crippen molar-refractivity contribution in [3.63, 3.8) is 0 Å². The Bertz CT molecular complexity index is 619. The molecule has 0 spiro atoms. The standard InChI is InChI=1S/C11H9ClN2O3/c1-6-7(12)3-4-9-13-10(11(16)17-2)8(5-15)14(6)9/h3-5H,1-2H3. The maximum Gasteiger partial charge on any atom is 0.359 e. The fourth-order valence-electron chi connectivity index (χ4n) is 1.65. The minimum atomic E-state index is -0.647. The Kier molecular flexibility index (Phi) is 2.85. The van der Waals surface area contributed by atoms with Crippen molar-refractivity contribution in [3.8, 4) is 0 Å². The highest BCUT2D eigenvalue weighted by Gasteiger charge is 2.20. The van der Waals surface area contributed by atoms with E-state index < -0.39 is 5.97 Å². The third-order valence-electron chi connectivity index (χ3n) is 2.49. The van der Waals surface area contributed by atoms with E-state index in [0.29, 0.717) is 22.6 Å². The van der Waals surface area contributed by atoms with Crippen LogP contribution in [0.25, 0.3) is 5.65 Å². The number of rotatable bonds is 2. The molecule has 0 saturated carbocycles. The highest BCUT2D eigenvalue weighted by Crippen LogP contribution is 2.20. The number of hydrogen-bond acceptors (Lipinski definition) is 4. The average molecular weight is 253 g/mol. The molecule has 0 fully saturated rings. The number of nitrogens with zero attached hydrogens (tertiary/aromatic N) is 2. The molecule has 0 aliphatic rings. The van der Waals surface area contributed by atoms with Gasteiger partial charge in [-0.1, -0.05) is 11.6 Å². The summed E-state index contributed by atoms with van der Waals surface area (Å²) < 4.78 is 6.10. The topological polar surface area (TPSA) is 60.7 Å². The molecule has 0 N–H and O–H groups in total. The van der Waals surface area contributed by atoms with E-state index in [0.717, 1.165) is 0 Å². The zero-order valence-electron chi connectivity index (χ0n) is 9.23. The van der Waals surface area contributed by atoms with Gasteiger partial charge in [-0.3, -0.25) is 9.20 Å². The second kappa shape index (κ2) is 4.18. The van der Waals surface area contributed by atoms with Crippen molar-refractivity contribution in [3.05, 3.63) is 34.2 Å². The van der Waals surface area contributed by atoms with Crippen molar-refractivity contribution in [1.82, 2.24) is 9.38 Å². The van der Waals surface area contributed by atoms with Gasteiger partial charge in [0.05, 0.1) is 12.1 Å². The molecule has 0 bridgehead atoms. The molecular formula is C11H9ClN2O3. The van der Waals surface area contributed by atoms with Gasteiger partial charge in [-0.15, -0.1) is 0 Å². The number of aromatic nitrogens is 2. The molecule has 2 heterocycles. The molecule has 6 heteroatoms. The number of imidazole rings is 1. The van der Waals surface area contributed by atoms with Crippen LogP contribution >= 0.6 is 11.6 Å². The summed E-state index contributed by atoms with van der Waals surface area (Å²) >= 11 is 5.96. The summed E-state index contributed by atoms with van der Waals surface area (Å²) in [6.07, 6.45) is 0.565. The molecule has 0 aliphatic heterocycles. The van der Waals surface area contributed by atoms with Gasteiger partial charge in [0.15, 0.2) is 12.0 Å². The summed E-state index contributed by atoms with van der Waals surface area (Å²) in [7, 11) is 1.24. The largest absolute Gasteiger partial charge is 0.464 e. The Morgan fingerprint density at radius 3 is 2.82 bits per heavy atom. The number of methoxy groups -OCH3 is 1. The maximum atomic E-state index is 11.5. The summed E-state index contributed by atoms with van der Waals surface area (Å²) in [6.45, 7) is 1.74. The molecule has 5 nitrogen and oxygen atoms in total. The van der Waals surface area contributed by atoms with E-state index in [4.69, 9.17) is 11.6 Å². The number of esters is 1. The van der Waals surface area contributed by atoms with Gasteiger partial charge in [0.2, 0.25) is 0 Å². The Morgan fingerprint density at radius 1 is 1.53 bits per heavy atom. The summed E-state index contributed by atoms with van der Waals surface area (Å²) in [5.74, 6) is -0.647. The van der Waals surface area contributed by atoms with Gasteiger partial charge in [-0.05, 0) is 19.1 Å². The lowest BCUT2D eigenvalue weighted by Gasteiger charge is -2.03. The van der Waals surface area contributed by atoms with Gasteiger partial charge < -0.3 is 4.74 Å². The zero-order valence-corrected chi connectivity index (χ0v) is 9.99. The minimum Gasteiger partial charge on any atom is -0.464 e. The summed E-state index contributed by atoms with van der Waals surface area (Å²) in [6, 6.07) is 3.30. The van der Waals surface area contributed by atoms with Gasteiger partial charge in [0, 0.05) is 5.69 Å². The number of pyridine rings is 1. The van der Waals surface area contributed by atoms with Crippen LogP contribution in [0, 0.1) is 6.92 Å². The summed E-state index contributed by atoms with van der Waals surface area (Å²) in [5, 5.41) is 0.495. The van der Waals surface area contributed by atoms with E-state index in [1.807, 2.05) is 0 Å². The number of ether oxygens (including phenoxy) is 1. The fraction of sp³-hybridized carbons (Fsp3) is 0.182. The average Bonchev–Trinajstić information content (AvgIpc) is 2.72. The molecule has 2 aromatic rings. The Hall–Kier alpha value is -1.88. The van der Waals surface area contributed by atoms with E-state index in [1.54, 1.807) is 19.1 Å². The molecule has 0 amide bonds. The van der Waals surface area contributed by atoms with Crippen LogP contribution in [0.15, 0.2) is 12.1 Å². The zero-order chi connectivity index (χ0) is 12.6. The third kappa shape index (κ3) is 1.68. The molecule has 0 saturated heterocycles. The van der Waals surface area contributed by atoms with Crippen LogP contribution in [-0.4, -0.2) is 28.7 Å². The lowest BCUT2D eigenvalue weighted by atomic mass is 10.3.